The highest BCUT2D eigenvalue weighted by molar-refractivity contribution is 6.30. The van der Waals surface area contributed by atoms with E-state index in [1.807, 2.05) is 32.9 Å². The molecule has 2 aromatic rings. The van der Waals surface area contributed by atoms with Crippen LogP contribution in [0.4, 0.5) is 5.69 Å². The average molecular weight is 362 g/mol. The first-order chi connectivity index (χ1) is 11.9. The molecule has 1 N–H and O–H groups in total. The molecule has 2 rings (SSSR count). The highest BCUT2D eigenvalue weighted by Gasteiger charge is 2.20. The maximum atomic E-state index is 12.9. The van der Waals surface area contributed by atoms with Crippen LogP contribution in [-0.4, -0.2) is 5.91 Å². The van der Waals surface area contributed by atoms with Gasteiger partial charge in [0.1, 0.15) is 17.1 Å². The van der Waals surface area contributed by atoms with E-state index >= 15 is 0 Å². The number of nitrogens with one attached hydrogen (secondary N) is 1. The zero-order valence-electron chi connectivity index (χ0n) is 15.2. The summed E-state index contributed by atoms with van der Waals surface area (Å²) in [6.07, 6.45) is 2.79. The highest BCUT2D eigenvalue weighted by Crippen LogP contribution is 2.28. The molecular weight excluding hydrogens is 338 g/mol. The fraction of sp³-hybridized carbons (Fsp3) is 0.400. The predicted molar refractivity (Wildman–Crippen MR) is 102 cm³/mol. The van der Waals surface area contributed by atoms with Gasteiger partial charge in [0.25, 0.3) is 5.91 Å². The lowest BCUT2D eigenvalue weighted by Crippen LogP contribution is -2.24. The number of rotatable bonds is 6. The molecule has 0 radical (unpaired) electrons. The van der Waals surface area contributed by atoms with Gasteiger partial charge in [-0.05, 0) is 49.4 Å². The van der Waals surface area contributed by atoms with Crippen molar-refractivity contribution < 1.29 is 9.21 Å². The first-order valence-electron chi connectivity index (χ1n) is 8.67. The van der Waals surface area contributed by atoms with E-state index in [-0.39, 0.29) is 11.0 Å². The smallest absolute Gasteiger partial charge is 0.263 e. The van der Waals surface area contributed by atoms with E-state index in [0.29, 0.717) is 23.0 Å². The number of benzene rings is 1. The summed E-state index contributed by atoms with van der Waals surface area (Å²) in [5.41, 5.74) is 2.42. The van der Waals surface area contributed by atoms with Crippen LogP contribution in [0, 0.1) is 6.92 Å². The first-order valence-corrected chi connectivity index (χ1v) is 9.05. The van der Waals surface area contributed by atoms with Crippen LogP contribution in [-0.2, 0) is 19.3 Å². The molecule has 1 aromatic carbocycles. The third-order valence-corrected chi connectivity index (χ3v) is 4.33. The molecule has 0 fully saturated rings. The van der Waals surface area contributed by atoms with Crippen molar-refractivity contribution in [2.45, 2.75) is 53.4 Å². The largest absolute Gasteiger partial charge is 0.465 e. The molecule has 0 unspecified atom stereocenters. The van der Waals surface area contributed by atoms with Crippen LogP contribution in [0.3, 0.4) is 0 Å². The third kappa shape index (κ3) is 4.31. The van der Waals surface area contributed by atoms with Crippen LogP contribution in [0.25, 0.3) is 0 Å². The van der Waals surface area contributed by atoms with E-state index < -0.39 is 5.91 Å². The standard InChI is InChI=1S/C20H24ClNO3/c1-5-8-17-18(16(23)9-12(4)25-17)20(24)22-19-13(6-2)10-15(21)11-14(19)7-3/h9-11H,5-8H2,1-4H3,(H,22,24). The van der Waals surface area contributed by atoms with Crippen LogP contribution >= 0.6 is 11.6 Å². The van der Waals surface area contributed by atoms with E-state index in [4.69, 9.17) is 16.0 Å². The van der Waals surface area contributed by atoms with Crippen molar-refractivity contribution in [1.29, 1.82) is 0 Å². The molecule has 0 bridgehead atoms. The molecule has 5 heteroatoms. The second-order valence-electron chi connectivity index (χ2n) is 6.03. The first kappa shape index (κ1) is 19.3. The van der Waals surface area contributed by atoms with Gasteiger partial charge in [0, 0.05) is 23.2 Å². The van der Waals surface area contributed by atoms with E-state index in [0.717, 1.165) is 36.1 Å². The van der Waals surface area contributed by atoms with Crippen molar-refractivity contribution in [3.8, 4) is 0 Å². The Morgan fingerprint density at radius 2 is 1.72 bits per heavy atom. The fourth-order valence-corrected chi connectivity index (χ4v) is 3.19. The lowest BCUT2D eigenvalue weighted by Gasteiger charge is -2.16. The minimum absolute atomic E-state index is 0.0894. The molecule has 0 aliphatic heterocycles. The Morgan fingerprint density at radius 3 is 2.24 bits per heavy atom. The molecule has 0 saturated carbocycles. The molecule has 134 valence electrons. The number of anilines is 1. The van der Waals surface area contributed by atoms with Gasteiger partial charge in [-0.1, -0.05) is 32.4 Å². The lowest BCUT2D eigenvalue weighted by atomic mass is 10.0. The number of hydrogen-bond acceptors (Lipinski definition) is 3. The minimum atomic E-state index is -0.427. The van der Waals surface area contributed by atoms with E-state index in [1.54, 1.807) is 6.92 Å². The van der Waals surface area contributed by atoms with Gasteiger partial charge in [0.05, 0.1) is 0 Å². The van der Waals surface area contributed by atoms with Gasteiger partial charge in [-0.25, -0.2) is 0 Å². The van der Waals surface area contributed by atoms with Crippen LogP contribution in [0.15, 0.2) is 27.4 Å². The van der Waals surface area contributed by atoms with Crippen molar-refractivity contribution >= 4 is 23.2 Å². The molecule has 4 nitrogen and oxygen atoms in total. The van der Waals surface area contributed by atoms with Gasteiger partial charge in [-0.2, -0.15) is 0 Å². The number of carbonyl (C=O) groups excluding carboxylic acids is 1. The van der Waals surface area contributed by atoms with Gasteiger partial charge >= 0.3 is 0 Å². The second kappa shape index (κ2) is 8.34. The summed E-state index contributed by atoms with van der Waals surface area (Å²) in [6, 6.07) is 5.05. The Bertz CT molecular complexity index is 814. The number of halogens is 1. The topological polar surface area (TPSA) is 59.3 Å². The normalized spacial score (nSPS) is 10.8. The van der Waals surface area contributed by atoms with Crippen molar-refractivity contribution in [3.63, 3.8) is 0 Å². The summed E-state index contributed by atoms with van der Waals surface area (Å²) in [5, 5.41) is 3.57. The molecule has 1 heterocycles. The SMILES string of the molecule is CCCc1oc(C)cc(=O)c1C(=O)Nc1c(CC)cc(Cl)cc1CC. The fourth-order valence-electron chi connectivity index (χ4n) is 2.93. The van der Waals surface area contributed by atoms with E-state index in [9.17, 15) is 9.59 Å². The van der Waals surface area contributed by atoms with Crippen molar-refractivity contribution in [3.05, 3.63) is 61.7 Å². The Labute approximate surface area is 153 Å². The summed E-state index contributed by atoms with van der Waals surface area (Å²) < 4.78 is 5.64. The van der Waals surface area contributed by atoms with E-state index in [1.165, 1.54) is 6.07 Å². The van der Waals surface area contributed by atoms with Crippen LogP contribution in [0.1, 0.15) is 60.2 Å². The van der Waals surface area contributed by atoms with Crippen molar-refractivity contribution in [2.24, 2.45) is 0 Å². The molecular formula is C20H24ClNO3. The summed E-state index contributed by atoms with van der Waals surface area (Å²) in [6.45, 7) is 7.70. The minimum Gasteiger partial charge on any atom is -0.465 e. The molecule has 0 atom stereocenters. The molecule has 25 heavy (non-hydrogen) atoms. The lowest BCUT2D eigenvalue weighted by molar-refractivity contribution is 0.102. The molecule has 1 aromatic heterocycles. The van der Waals surface area contributed by atoms with E-state index in [2.05, 4.69) is 5.32 Å². The predicted octanol–water partition coefficient (Wildman–Crippen LogP) is 4.93. The molecule has 1 amide bonds. The monoisotopic (exact) mass is 361 g/mol. The summed E-state index contributed by atoms with van der Waals surface area (Å²) >= 11 is 6.16. The van der Waals surface area contributed by atoms with Crippen molar-refractivity contribution in [1.82, 2.24) is 0 Å². The Morgan fingerprint density at radius 1 is 1.12 bits per heavy atom. The second-order valence-corrected chi connectivity index (χ2v) is 6.47. The van der Waals surface area contributed by atoms with Crippen LogP contribution in [0.5, 0.6) is 0 Å². The Hall–Kier alpha value is -2.07. The quantitative estimate of drug-likeness (QED) is 0.793. The summed E-state index contributed by atoms with van der Waals surface area (Å²) in [5.74, 6) is 0.527. The Kier molecular flexibility index (Phi) is 6.43. The molecule has 0 saturated heterocycles. The van der Waals surface area contributed by atoms with Crippen molar-refractivity contribution in [2.75, 3.05) is 5.32 Å². The number of carbonyl (C=O) groups is 1. The maximum absolute atomic E-state index is 12.9. The van der Waals surface area contributed by atoms with Crippen LogP contribution in [0.2, 0.25) is 5.02 Å². The Balaban J connectivity index is 2.50. The zero-order chi connectivity index (χ0) is 18.6. The number of amides is 1. The summed E-state index contributed by atoms with van der Waals surface area (Å²) in [7, 11) is 0. The van der Waals surface area contributed by atoms with Gasteiger partial charge in [0.15, 0.2) is 5.43 Å². The highest BCUT2D eigenvalue weighted by atomic mass is 35.5. The van der Waals surface area contributed by atoms with Gasteiger partial charge in [0.2, 0.25) is 0 Å². The van der Waals surface area contributed by atoms with Gasteiger partial charge < -0.3 is 9.73 Å². The average Bonchev–Trinajstić information content (AvgIpc) is 2.55. The van der Waals surface area contributed by atoms with Gasteiger partial charge in [-0.3, -0.25) is 9.59 Å². The summed E-state index contributed by atoms with van der Waals surface area (Å²) in [4.78, 5) is 25.2. The van der Waals surface area contributed by atoms with Gasteiger partial charge in [-0.15, -0.1) is 0 Å². The number of hydrogen-bond donors (Lipinski definition) is 1. The van der Waals surface area contributed by atoms with Crippen LogP contribution < -0.4 is 10.7 Å². The maximum Gasteiger partial charge on any atom is 0.263 e. The zero-order valence-corrected chi connectivity index (χ0v) is 15.9. The molecule has 0 aliphatic rings. The third-order valence-electron chi connectivity index (χ3n) is 4.11. The molecule has 0 aliphatic carbocycles. The molecule has 0 spiro atoms. The number of aryl methyl sites for hydroxylation is 4.